The van der Waals surface area contributed by atoms with Crippen molar-refractivity contribution in [2.75, 3.05) is 13.2 Å². The van der Waals surface area contributed by atoms with Crippen LogP contribution in [0.3, 0.4) is 0 Å². The van der Waals surface area contributed by atoms with Gasteiger partial charge in [0.15, 0.2) is 17.3 Å². The maximum Gasteiger partial charge on any atom is 0.437 e. The van der Waals surface area contributed by atoms with Crippen LogP contribution in [0.5, 0.6) is 11.5 Å². The van der Waals surface area contributed by atoms with Crippen molar-refractivity contribution in [2.24, 2.45) is 0 Å². The van der Waals surface area contributed by atoms with E-state index in [1.54, 1.807) is 18.2 Å². The van der Waals surface area contributed by atoms with Crippen molar-refractivity contribution < 1.29 is 23.1 Å². The molecule has 4 rings (SSSR count). The molecule has 27 heavy (non-hydrogen) atoms. The van der Waals surface area contributed by atoms with E-state index in [4.69, 9.17) is 13.9 Å². The number of Topliss-reactive ketones (excluding diaryl/α,β-unsaturated/α-hetero) is 1. The molecular weight excluding hydrogens is 355 g/mol. The molecule has 0 fully saturated rings. The molecule has 0 saturated carbocycles. The fourth-order valence-corrected chi connectivity index (χ4v) is 2.68. The summed E-state index contributed by atoms with van der Waals surface area (Å²) in [6.45, 7) is 0.776. The van der Waals surface area contributed by atoms with E-state index >= 15 is 0 Å². The molecular formula is C19H15FN2O5. The van der Waals surface area contributed by atoms with E-state index in [9.17, 15) is 14.0 Å². The highest BCUT2D eigenvalue weighted by Crippen LogP contribution is 2.30. The lowest BCUT2D eigenvalue weighted by atomic mass is 10.1. The van der Waals surface area contributed by atoms with Gasteiger partial charge in [-0.3, -0.25) is 4.79 Å². The highest BCUT2D eigenvalue weighted by Gasteiger charge is 2.17. The maximum atomic E-state index is 13.0. The largest absolute Gasteiger partial charge is 0.490 e. The topological polar surface area (TPSA) is 83.6 Å². The van der Waals surface area contributed by atoms with Crippen molar-refractivity contribution in [3.05, 3.63) is 64.4 Å². The Morgan fingerprint density at radius 1 is 1.07 bits per heavy atom. The van der Waals surface area contributed by atoms with E-state index in [0.717, 1.165) is 11.1 Å². The summed E-state index contributed by atoms with van der Waals surface area (Å²) in [5.74, 6) is -0.403. The smallest absolute Gasteiger partial charge is 0.437 e. The van der Waals surface area contributed by atoms with Crippen molar-refractivity contribution in [1.29, 1.82) is 0 Å². The van der Waals surface area contributed by atoms with E-state index in [-0.39, 0.29) is 18.2 Å². The highest BCUT2D eigenvalue weighted by molar-refractivity contribution is 5.96. The van der Waals surface area contributed by atoms with Crippen LogP contribution in [0.2, 0.25) is 0 Å². The number of carbonyl (C=O) groups is 1. The Balaban J connectivity index is 1.56. The predicted octanol–water partition coefficient (Wildman–Crippen LogP) is 2.69. The lowest BCUT2D eigenvalue weighted by Crippen LogP contribution is -2.21. The Hall–Kier alpha value is -3.42. The van der Waals surface area contributed by atoms with Gasteiger partial charge >= 0.3 is 5.76 Å². The van der Waals surface area contributed by atoms with E-state index < -0.39 is 11.6 Å². The molecule has 7 nitrogen and oxygen atoms in total. The van der Waals surface area contributed by atoms with Gasteiger partial charge in [-0.15, -0.1) is 5.10 Å². The molecule has 0 bridgehead atoms. The van der Waals surface area contributed by atoms with E-state index in [1.165, 1.54) is 24.3 Å². The molecule has 1 aliphatic rings. The van der Waals surface area contributed by atoms with Crippen LogP contribution in [0.15, 0.2) is 51.7 Å². The number of fused-ring (bicyclic) bond motifs is 1. The number of nitrogens with zero attached hydrogens (tertiary/aromatic N) is 2. The van der Waals surface area contributed by atoms with Crippen LogP contribution in [0.4, 0.5) is 4.39 Å². The van der Waals surface area contributed by atoms with E-state index in [0.29, 0.717) is 35.8 Å². The fraction of sp³-hybridized carbons (Fsp3) is 0.211. The number of hydrogen-bond donors (Lipinski definition) is 0. The molecule has 1 aromatic heterocycles. The number of carbonyl (C=O) groups excluding carboxylic acids is 1. The number of ketones is 1. The molecule has 2 heterocycles. The molecule has 0 amide bonds. The zero-order chi connectivity index (χ0) is 18.8. The van der Waals surface area contributed by atoms with Gasteiger partial charge in [-0.1, -0.05) is 0 Å². The third kappa shape index (κ3) is 3.59. The van der Waals surface area contributed by atoms with Gasteiger partial charge in [0, 0.05) is 17.5 Å². The Bertz CT molecular complexity index is 1040. The van der Waals surface area contributed by atoms with Crippen molar-refractivity contribution in [3.8, 4) is 23.0 Å². The lowest BCUT2D eigenvalue weighted by Gasteiger charge is -2.08. The van der Waals surface area contributed by atoms with Gasteiger partial charge < -0.3 is 13.9 Å². The van der Waals surface area contributed by atoms with Crippen LogP contribution in [0.25, 0.3) is 11.5 Å². The second-order valence-electron chi connectivity index (χ2n) is 5.97. The Kier molecular flexibility index (Phi) is 4.45. The number of aromatic nitrogens is 2. The molecule has 138 valence electrons. The first-order valence-electron chi connectivity index (χ1n) is 8.37. The molecule has 0 N–H and O–H groups in total. The molecule has 1 aliphatic heterocycles. The third-order valence-corrected chi connectivity index (χ3v) is 4.06. The number of hydrogen-bond acceptors (Lipinski definition) is 6. The summed E-state index contributed by atoms with van der Waals surface area (Å²) in [6, 6.07) is 10.2. The first kappa shape index (κ1) is 17.0. The zero-order valence-corrected chi connectivity index (χ0v) is 14.2. The number of rotatable bonds is 4. The first-order chi connectivity index (χ1) is 13.1. The second kappa shape index (κ2) is 7.06. The monoisotopic (exact) mass is 370 g/mol. The van der Waals surface area contributed by atoms with Crippen LogP contribution in [0.1, 0.15) is 16.8 Å². The standard InChI is InChI=1S/C19H15FN2O5/c20-14-5-2-12(3-6-14)18-21-22(19(24)27-18)11-15(23)13-4-7-16-17(10-13)26-9-1-8-25-16/h2-7,10H,1,8-9,11H2. The summed E-state index contributed by atoms with van der Waals surface area (Å²) in [6.07, 6.45) is 0.762. The second-order valence-corrected chi connectivity index (χ2v) is 5.97. The third-order valence-electron chi connectivity index (χ3n) is 4.06. The lowest BCUT2D eigenvalue weighted by molar-refractivity contribution is 0.0964. The molecule has 0 saturated heterocycles. The normalized spacial score (nSPS) is 13.2. The average molecular weight is 370 g/mol. The minimum absolute atomic E-state index is 0.0199. The Morgan fingerprint density at radius 2 is 1.81 bits per heavy atom. The molecule has 2 aromatic carbocycles. The summed E-state index contributed by atoms with van der Waals surface area (Å²) in [4.78, 5) is 24.5. The van der Waals surface area contributed by atoms with Crippen LogP contribution in [-0.2, 0) is 6.54 Å². The van der Waals surface area contributed by atoms with Gasteiger partial charge in [-0.2, -0.15) is 4.68 Å². The zero-order valence-electron chi connectivity index (χ0n) is 14.2. The number of halogens is 1. The van der Waals surface area contributed by atoms with Crippen LogP contribution in [0, 0.1) is 5.82 Å². The molecule has 0 unspecified atom stereocenters. The molecule has 0 aliphatic carbocycles. The van der Waals surface area contributed by atoms with Crippen LogP contribution >= 0.6 is 0 Å². The molecule has 3 aromatic rings. The summed E-state index contributed by atoms with van der Waals surface area (Å²) in [5.41, 5.74) is 0.813. The predicted molar refractivity (Wildman–Crippen MR) is 92.5 cm³/mol. The molecule has 0 spiro atoms. The van der Waals surface area contributed by atoms with Gasteiger partial charge in [-0.05, 0) is 42.5 Å². The maximum absolute atomic E-state index is 13.0. The van der Waals surface area contributed by atoms with Gasteiger partial charge in [0.1, 0.15) is 12.4 Å². The quantitative estimate of drug-likeness (QED) is 0.657. The minimum Gasteiger partial charge on any atom is -0.490 e. The molecule has 8 heteroatoms. The molecule has 0 atom stereocenters. The fourth-order valence-electron chi connectivity index (χ4n) is 2.68. The summed E-state index contributed by atoms with van der Waals surface area (Å²) in [7, 11) is 0. The van der Waals surface area contributed by atoms with Gasteiger partial charge in [-0.25, -0.2) is 9.18 Å². The summed E-state index contributed by atoms with van der Waals surface area (Å²) in [5, 5.41) is 4.02. The highest BCUT2D eigenvalue weighted by atomic mass is 19.1. The molecule has 0 radical (unpaired) electrons. The van der Waals surface area contributed by atoms with Crippen molar-refractivity contribution in [3.63, 3.8) is 0 Å². The van der Waals surface area contributed by atoms with Crippen LogP contribution in [-0.4, -0.2) is 28.8 Å². The number of benzene rings is 2. The van der Waals surface area contributed by atoms with Gasteiger partial charge in [0.2, 0.25) is 5.89 Å². The van der Waals surface area contributed by atoms with Gasteiger partial charge in [0.25, 0.3) is 0 Å². The minimum atomic E-state index is -0.767. The SMILES string of the molecule is O=C(Cn1nc(-c2ccc(F)cc2)oc1=O)c1ccc2c(c1)OCCCO2. The number of ether oxygens (including phenoxy) is 2. The van der Waals surface area contributed by atoms with Gasteiger partial charge in [0.05, 0.1) is 13.2 Å². The Labute approximate surface area is 152 Å². The Morgan fingerprint density at radius 3 is 2.59 bits per heavy atom. The van der Waals surface area contributed by atoms with E-state index in [2.05, 4.69) is 5.10 Å². The summed E-state index contributed by atoms with van der Waals surface area (Å²) >= 11 is 0. The van der Waals surface area contributed by atoms with E-state index in [1.807, 2.05) is 0 Å². The van der Waals surface area contributed by atoms with Crippen molar-refractivity contribution in [2.45, 2.75) is 13.0 Å². The average Bonchev–Trinajstić information content (AvgIpc) is 2.89. The first-order valence-corrected chi connectivity index (χ1v) is 8.37. The summed E-state index contributed by atoms with van der Waals surface area (Å²) < 4.78 is 30.1. The van der Waals surface area contributed by atoms with Crippen molar-refractivity contribution in [1.82, 2.24) is 9.78 Å². The van der Waals surface area contributed by atoms with Crippen LogP contribution < -0.4 is 15.2 Å². The van der Waals surface area contributed by atoms with Crippen molar-refractivity contribution >= 4 is 5.78 Å².